The van der Waals surface area contributed by atoms with Crippen LogP contribution in [0.25, 0.3) is 0 Å². The molecule has 0 aliphatic heterocycles. The Labute approximate surface area is 127 Å². The van der Waals surface area contributed by atoms with Gasteiger partial charge >= 0.3 is 0 Å². The summed E-state index contributed by atoms with van der Waals surface area (Å²) in [6.45, 7) is 2.44. The second-order valence-electron chi connectivity index (χ2n) is 4.43. The Morgan fingerprint density at radius 2 is 1.86 bits per heavy atom. The molecule has 0 bridgehead atoms. The van der Waals surface area contributed by atoms with Gasteiger partial charge in [-0.25, -0.2) is 8.78 Å². The molecule has 0 aliphatic carbocycles. The molecule has 0 saturated heterocycles. The number of allylic oxidation sites excluding steroid dienone is 1. The Kier molecular flexibility index (Phi) is 5.25. The van der Waals surface area contributed by atoms with Gasteiger partial charge in [0.05, 0.1) is 6.61 Å². The number of carbonyl (C=O) groups is 1. The summed E-state index contributed by atoms with van der Waals surface area (Å²) in [5, 5.41) is 2.71. The molecule has 0 heterocycles. The minimum Gasteiger partial charge on any atom is -0.494 e. The summed E-state index contributed by atoms with van der Waals surface area (Å²) in [7, 11) is 0. The highest BCUT2D eigenvalue weighted by atomic mass is 19.2. The Morgan fingerprint density at radius 1 is 1.14 bits per heavy atom. The van der Waals surface area contributed by atoms with Gasteiger partial charge in [-0.1, -0.05) is 0 Å². The average Bonchev–Trinajstić information content (AvgIpc) is 2.52. The zero-order chi connectivity index (χ0) is 15.9. The second kappa shape index (κ2) is 7.36. The van der Waals surface area contributed by atoms with Crippen LogP contribution in [0.5, 0.6) is 5.75 Å². The number of nitrogens with one attached hydrogen (secondary N) is 1. The summed E-state index contributed by atoms with van der Waals surface area (Å²) in [4.78, 5) is 11.9. The molecule has 5 heteroatoms. The molecule has 0 aromatic heterocycles. The summed E-state index contributed by atoms with van der Waals surface area (Å²) in [5.74, 6) is -1.38. The smallest absolute Gasteiger partial charge is 0.187 e. The fourth-order valence-electron chi connectivity index (χ4n) is 1.78. The first-order valence-corrected chi connectivity index (χ1v) is 6.75. The summed E-state index contributed by atoms with van der Waals surface area (Å²) in [5.41, 5.74) is 0.862. The van der Waals surface area contributed by atoms with Crippen LogP contribution in [0, 0.1) is 11.6 Å². The molecule has 0 atom stereocenters. The van der Waals surface area contributed by atoms with Crippen LogP contribution in [-0.4, -0.2) is 12.4 Å². The van der Waals surface area contributed by atoms with Crippen molar-refractivity contribution in [1.82, 2.24) is 0 Å². The monoisotopic (exact) mass is 303 g/mol. The molecule has 0 saturated carbocycles. The van der Waals surface area contributed by atoms with Crippen molar-refractivity contribution in [2.75, 3.05) is 11.9 Å². The van der Waals surface area contributed by atoms with Crippen molar-refractivity contribution in [2.45, 2.75) is 6.92 Å². The molecule has 0 spiro atoms. The van der Waals surface area contributed by atoms with Crippen LogP contribution in [-0.2, 0) is 0 Å². The van der Waals surface area contributed by atoms with Crippen LogP contribution in [0.4, 0.5) is 14.5 Å². The Bertz CT molecular complexity index is 682. The molecule has 0 fully saturated rings. The van der Waals surface area contributed by atoms with Gasteiger partial charge in [-0.2, -0.15) is 0 Å². The largest absolute Gasteiger partial charge is 0.494 e. The molecule has 0 unspecified atom stereocenters. The molecule has 2 rings (SSSR count). The molecule has 1 N–H and O–H groups in total. The molecule has 0 aliphatic rings. The lowest BCUT2D eigenvalue weighted by atomic mass is 10.1. The molecule has 0 amide bonds. The number of carbonyl (C=O) groups excluding carboxylic acids is 1. The van der Waals surface area contributed by atoms with Crippen molar-refractivity contribution in [2.24, 2.45) is 0 Å². The third kappa shape index (κ3) is 4.15. The van der Waals surface area contributed by atoms with Gasteiger partial charge in [0.2, 0.25) is 0 Å². The first-order valence-electron chi connectivity index (χ1n) is 6.75. The average molecular weight is 303 g/mol. The highest BCUT2D eigenvalue weighted by Crippen LogP contribution is 2.14. The van der Waals surface area contributed by atoms with E-state index in [-0.39, 0.29) is 5.78 Å². The zero-order valence-corrected chi connectivity index (χ0v) is 12.0. The van der Waals surface area contributed by atoms with Gasteiger partial charge in [0.15, 0.2) is 17.4 Å². The Morgan fingerprint density at radius 3 is 2.50 bits per heavy atom. The third-order valence-corrected chi connectivity index (χ3v) is 2.85. The number of anilines is 1. The van der Waals surface area contributed by atoms with E-state index in [4.69, 9.17) is 4.74 Å². The lowest BCUT2D eigenvalue weighted by Crippen LogP contribution is -1.97. The standard InChI is InChI=1S/C17H15F2NO2/c1-2-22-14-6-3-12(4-7-14)17(21)9-10-20-13-5-8-15(18)16(19)11-13/h3-11,20H,2H2,1H3. The van der Waals surface area contributed by atoms with Crippen LogP contribution in [0.3, 0.4) is 0 Å². The van der Waals surface area contributed by atoms with Crippen molar-refractivity contribution < 1.29 is 18.3 Å². The SMILES string of the molecule is CCOc1ccc(C(=O)C=CNc2ccc(F)c(F)c2)cc1. The minimum absolute atomic E-state index is 0.210. The second-order valence-corrected chi connectivity index (χ2v) is 4.43. The van der Waals surface area contributed by atoms with E-state index in [1.165, 1.54) is 18.3 Å². The maximum atomic E-state index is 13.0. The first kappa shape index (κ1) is 15.7. The van der Waals surface area contributed by atoms with Crippen LogP contribution in [0.2, 0.25) is 0 Å². The van der Waals surface area contributed by atoms with Crippen molar-refractivity contribution in [1.29, 1.82) is 0 Å². The zero-order valence-electron chi connectivity index (χ0n) is 12.0. The highest BCUT2D eigenvalue weighted by molar-refractivity contribution is 6.04. The van der Waals surface area contributed by atoms with E-state index in [9.17, 15) is 13.6 Å². The molecule has 0 radical (unpaired) electrons. The number of benzene rings is 2. The van der Waals surface area contributed by atoms with Crippen LogP contribution < -0.4 is 10.1 Å². The van der Waals surface area contributed by atoms with Gasteiger partial charge in [0, 0.05) is 29.6 Å². The van der Waals surface area contributed by atoms with Gasteiger partial charge in [0.25, 0.3) is 0 Å². The van der Waals surface area contributed by atoms with E-state index >= 15 is 0 Å². The summed E-state index contributed by atoms with van der Waals surface area (Å²) in [6.07, 6.45) is 2.70. The molecule has 22 heavy (non-hydrogen) atoms. The van der Waals surface area contributed by atoms with Crippen molar-refractivity contribution >= 4 is 11.5 Å². The predicted molar refractivity (Wildman–Crippen MR) is 81.1 cm³/mol. The van der Waals surface area contributed by atoms with Gasteiger partial charge in [-0.15, -0.1) is 0 Å². The lowest BCUT2D eigenvalue weighted by molar-refractivity contribution is 0.104. The van der Waals surface area contributed by atoms with Crippen LogP contribution in [0.1, 0.15) is 17.3 Å². The lowest BCUT2D eigenvalue weighted by Gasteiger charge is -2.03. The fourth-order valence-corrected chi connectivity index (χ4v) is 1.78. The third-order valence-electron chi connectivity index (χ3n) is 2.85. The van der Waals surface area contributed by atoms with E-state index in [0.29, 0.717) is 23.6 Å². The number of hydrogen-bond acceptors (Lipinski definition) is 3. The number of ketones is 1. The minimum atomic E-state index is -0.948. The van der Waals surface area contributed by atoms with E-state index in [0.717, 1.165) is 12.1 Å². The Balaban J connectivity index is 1.97. The topological polar surface area (TPSA) is 38.3 Å². The normalized spacial score (nSPS) is 10.7. The molecular weight excluding hydrogens is 288 g/mol. The van der Waals surface area contributed by atoms with Gasteiger partial charge < -0.3 is 10.1 Å². The van der Waals surface area contributed by atoms with Crippen molar-refractivity contribution in [3.05, 3.63) is 71.9 Å². The van der Waals surface area contributed by atoms with E-state index in [1.807, 2.05) is 6.92 Å². The highest BCUT2D eigenvalue weighted by Gasteiger charge is 2.03. The number of ether oxygens (including phenoxy) is 1. The number of hydrogen-bond donors (Lipinski definition) is 1. The van der Waals surface area contributed by atoms with Crippen LogP contribution >= 0.6 is 0 Å². The van der Waals surface area contributed by atoms with Crippen molar-refractivity contribution in [3.63, 3.8) is 0 Å². The quantitative estimate of drug-likeness (QED) is 0.643. The number of halogens is 2. The van der Waals surface area contributed by atoms with E-state index in [1.54, 1.807) is 24.3 Å². The van der Waals surface area contributed by atoms with Gasteiger partial charge in [-0.3, -0.25) is 4.79 Å². The van der Waals surface area contributed by atoms with E-state index in [2.05, 4.69) is 5.32 Å². The fraction of sp³-hybridized carbons (Fsp3) is 0.118. The maximum Gasteiger partial charge on any atom is 0.187 e. The van der Waals surface area contributed by atoms with Crippen LogP contribution in [0.15, 0.2) is 54.7 Å². The number of rotatable bonds is 6. The predicted octanol–water partition coefficient (Wildman–Crippen LogP) is 4.17. The summed E-state index contributed by atoms with van der Waals surface area (Å²) in [6, 6.07) is 10.2. The molecule has 3 nitrogen and oxygen atoms in total. The van der Waals surface area contributed by atoms with Gasteiger partial charge in [0.1, 0.15) is 5.75 Å². The summed E-state index contributed by atoms with van der Waals surface area (Å²) >= 11 is 0. The molecule has 2 aromatic carbocycles. The van der Waals surface area contributed by atoms with E-state index < -0.39 is 11.6 Å². The molecule has 114 valence electrons. The Hall–Kier alpha value is -2.69. The van der Waals surface area contributed by atoms with Crippen molar-refractivity contribution in [3.8, 4) is 5.75 Å². The van der Waals surface area contributed by atoms with Gasteiger partial charge in [-0.05, 0) is 43.3 Å². The molecular formula is C17H15F2NO2. The summed E-state index contributed by atoms with van der Waals surface area (Å²) < 4.78 is 31.1. The first-order chi connectivity index (χ1) is 10.6. The molecule has 2 aromatic rings. The maximum absolute atomic E-state index is 13.0.